The molecule has 3 nitrogen and oxygen atoms in total. The van der Waals surface area contributed by atoms with Gasteiger partial charge in [-0.1, -0.05) is 0 Å². The van der Waals surface area contributed by atoms with Crippen molar-refractivity contribution in [3.8, 4) is 0 Å². The molecule has 2 aliphatic heterocycles. The summed E-state index contributed by atoms with van der Waals surface area (Å²) in [7, 11) is -2.91. The molecular formula is C14H24Cl2O3S. The number of halogens is 2. The summed E-state index contributed by atoms with van der Waals surface area (Å²) >= 11 is 12.4. The Bertz CT molecular complexity index is 443. The summed E-state index contributed by atoms with van der Waals surface area (Å²) in [5, 5.41) is 0. The number of rotatable bonds is 5. The van der Waals surface area contributed by atoms with Crippen LogP contribution in [0.1, 0.15) is 39.5 Å². The minimum atomic E-state index is -2.91. The first-order valence-electron chi connectivity index (χ1n) is 7.22. The van der Waals surface area contributed by atoms with Gasteiger partial charge < -0.3 is 4.74 Å². The quantitative estimate of drug-likeness (QED) is 0.720. The summed E-state index contributed by atoms with van der Waals surface area (Å²) in [5.74, 6) is 1.36. The highest BCUT2D eigenvalue weighted by atomic mass is 35.5. The molecule has 0 aromatic carbocycles. The van der Waals surface area contributed by atoms with Gasteiger partial charge in [0.1, 0.15) is 0 Å². The molecular weight excluding hydrogens is 319 g/mol. The van der Waals surface area contributed by atoms with E-state index in [-0.39, 0.29) is 34.5 Å². The van der Waals surface area contributed by atoms with E-state index in [1.165, 1.54) is 0 Å². The van der Waals surface area contributed by atoms with Crippen molar-refractivity contribution in [3.63, 3.8) is 0 Å². The summed E-state index contributed by atoms with van der Waals surface area (Å²) < 4.78 is 29.5. The van der Waals surface area contributed by atoms with Crippen molar-refractivity contribution in [2.75, 3.05) is 23.3 Å². The van der Waals surface area contributed by atoms with Crippen molar-refractivity contribution >= 4 is 33.0 Å². The molecule has 0 aromatic rings. The second-order valence-corrected chi connectivity index (χ2v) is 9.74. The second kappa shape index (κ2) is 5.94. The van der Waals surface area contributed by atoms with Crippen LogP contribution in [0.15, 0.2) is 0 Å². The zero-order chi connectivity index (χ0) is 15.0. The molecule has 2 fully saturated rings. The highest BCUT2D eigenvalue weighted by Crippen LogP contribution is 2.45. The first-order chi connectivity index (χ1) is 9.22. The van der Waals surface area contributed by atoms with E-state index in [1.807, 2.05) is 0 Å². The topological polar surface area (TPSA) is 43.4 Å². The van der Waals surface area contributed by atoms with E-state index in [9.17, 15) is 8.42 Å². The predicted molar refractivity (Wildman–Crippen MR) is 83.4 cm³/mol. The van der Waals surface area contributed by atoms with Crippen molar-refractivity contribution in [1.29, 1.82) is 0 Å². The average Bonchev–Trinajstić information content (AvgIpc) is 2.89. The molecule has 0 saturated carbocycles. The molecule has 0 aromatic heterocycles. The molecule has 0 N–H and O–H groups in total. The molecule has 118 valence electrons. The predicted octanol–water partition coefficient (Wildman–Crippen LogP) is 3.23. The number of hydrogen-bond donors (Lipinski definition) is 0. The summed E-state index contributed by atoms with van der Waals surface area (Å²) in [4.78, 5) is 0. The minimum absolute atomic E-state index is 0.0646. The lowest BCUT2D eigenvalue weighted by Gasteiger charge is -2.37. The van der Waals surface area contributed by atoms with Gasteiger partial charge in [0.05, 0.1) is 23.2 Å². The third-order valence-corrected chi connectivity index (χ3v) is 7.65. The average molecular weight is 343 g/mol. The molecule has 2 saturated heterocycles. The van der Waals surface area contributed by atoms with Crippen LogP contribution in [0, 0.1) is 11.3 Å². The molecule has 0 bridgehead atoms. The lowest BCUT2D eigenvalue weighted by atomic mass is 9.73. The largest absolute Gasteiger partial charge is 0.372 e. The van der Waals surface area contributed by atoms with Crippen molar-refractivity contribution < 1.29 is 13.2 Å². The Balaban J connectivity index is 2.10. The first kappa shape index (κ1) is 16.9. The molecule has 0 spiro atoms. The summed E-state index contributed by atoms with van der Waals surface area (Å²) in [6, 6.07) is 0. The van der Waals surface area contributed by atoms with Gasteiger partial charge in [-0.15, -0.1) is 23.2 Å². The van der Waals surface area contributed by atoms with Gasteiger partial charge in [0.2, 0.25) is 0 Å². The zero-order valence-electron chi connectivity index (χ0n) is 12.2. The highest BCUT2D eigenvalue weighted by molar-refractivity contribution is 7.91. The smallest absolute Gasteiger partial charge is 0.150 e. The van der Waals surface area contributed by atoms with Crippen LogP contribution in [0.25, 0.3) is 0 Å². The molecule has 2 rings (SSSR count). The summed E-state index contributed by atoms with van der Waals surface area (Å²) in [6.45, 7) is 4.19. The van der Waals surface area contributed by atoms with Crippen LogP contribution in [-0.2, 0) is 14.6 Å². The van der Waals surface area contributed by atoms with E-state index < -0.39 is 9.84 Å². The minimum Gasteiger partial charge on any atom is -0.372 e. The Kier molecular flexibility index (Phi) is 5.01. The van der Waals surface area contributed by atoms with E-state index >= 15 is 0 Å². The molecule has 20 heavy (non-hydrogen) atoms. The third kappa shape index (κ3) is 3.63. The zero-order valence-corrected chi connectivity index (χ0v) is 14.5. The van der Waals surface area contributed by atoms with Gasteiger partial charge in [0, 0.05) is 17.2 Å². The van der Waals surface area contributed by atoms with Gasteiger partial charge in [-0.05, 0) is 45.4 Å². The monoisotopic (exact) mass is 342 g/mol. The molecule has 6 heteroatoms. The summed E-state index contributed by atoms with van der Waals surface area (Å²) in [6.07, 6.45) is 3.62. The molecule has 0 aliphatic carbocycles. The van der Waals surface area contributed by atoms with Crippen LogP contribution in [0.5, 0.6) is 0 Å². The van der Waals surface area contributed by atoms with E-state index in [2.05, 4.69) is 13.8 Å². The maximum atomic E-state index is 11.7. The normalized spacial score (nSPS) is 32.6. The maximum absolute atomic E-state index is 11.7. The van der Waals surface area contributed by atoms with Crippen LogP contribution >= 0.6 is 23.2 Å². The fourth-order valence-corrected chi connectivity index (χ4v) is 6.37. The van der Waals surface area contributed by atoms with E-state index in [0.29, 0.717) is 18.2 Å². The standard InChI is InChI=1S/C14H24Cl2O3S/c1-13(2)5-3-12(19-13)7-14(9-15,10-16)11-4-6-20(17,18)8-11/h11-12H,3-10H2,1-2H3. The lowest BCUT2D eigenvalue weighted by molar-refractivity contribution is -0.0365. The molecule has 0 radical (unpaired) electrons. The van der Waals surface area contributed by atoms with Gasteiger partial charge >= 0.3 is 0 Å². The van der Waals surface area contributed by atoms with Crippen molar-refractivity contribution in [3.05, 3.63) is 0 Å². The molecule has 2 aliphatic rings. The van der Waals surface area contributed by atoms with E-state index in [1.54, 1.807) is 0 Å². The fraction of sp³-hybridized carbons (Fsp3) is 1.00. The second-order valence-electron chi connectivity index (χ2n) is 6.97. The molecule has 0 amide bonds. The van der Waals surface area contributed by atoms with Crippen LogP contribution in [0.2, 0.25) is 0 Å². The van der Waals surface area contributed by atoms with Crippen molar-refractivity contribution in [2.24, 2.45) is 11.3 Å². The molecule has 2 unspecified atom stereocenters. The van der Waals surface area contributed by atoms with Gasteiger partial charge in [-0.2, -0.15) is 0 Å². The number of hydrogen-bond acceptors (Lipinski definition) is 3. The lowest BCUT2D eigenvalue weighted by Crippen LogP contribution is -2.39. The Labute approximate surface area is 132 Å². The van der Waals surface area contributed by atoms with Gasteiger partial charge in [0.15, 0.2) is 9.84 Å². The first-order valence-corrected chi connectivity index (χ1v) is 10.1. The maximum Gasteiger partial charge on any atom is 0.150 e. The Morgan fingerprint density at radius 1 is 1.25 bits per heavy atom. The van der Waals surface area contributed by atoms with Crippen LogP contribution in [0.4, 0.5) is 0 Å². The van der Waals surface area contributed by atoms with Crippen molar-refractivity contribution in [2.45, 2.75) is 51.2 Å². The van der Waals surface area contributed by atoms with Gasteiger partial charge in [-0.3, -0.25) is 0 Å². The van der Waals surface area contributed by atoms with Crippen LogP contribution in [-0.4, -0.2) is 43.4 Å². The third-order valence-electron chi connectivity index (χ3n) is 4.82. The van der Waals surface area contributed by atoms with Gasteiger partial charge in [-0.25, -0.2) is 8.42 Å². The van der Waals surface area contributed by atoms with E-state index in [0.717, 1.165) is 19.3 Å². The molecule has 2 atom stereocenters. The van der Waals surface area contributed by atoms with Gasteiger partial charge in [0.25, 0.3) is 0 Å². The fourth-order valence-electron chi connectivity index (χ4n) is 3.48. The Morgan fingerprint density at radius 2 is 1.90 bits per heavy atom. The van der Waals surface area contributed by atoms with E-state index in [4.69, 9.17) is 27.9 Å². The molecule has 2 heterocycles. The SMILES string of the molecule is CC1(C)CCC(CC(CCl)(CCl)C2CCS(=O)(=O)C2)O1. The number of sulfone groups is 1. The van der Waals surface area contributed by atoms with Crippen LogP contribution < -0.4 is 0 Å². The number of alkyl halides is 2. The van der Waals surface area contributed by atoms with Crippen LogP contribution in [0.3, 0.4) is 0 Å². The number of ether oxygens (including phenoxy) is 1. The van der Waals surface area contributed by atoms with Crippen molar-refractivity contribution in [1.82, 2.24) is 0 Å². The Hall–Kier alpha value is 0.490. The summed E-state index contributed by atoms with van der Waals surface area (Å²) in [5.41, 5.74) is -0.408. The highest BCUT2D eigenvalue weighted by Gasteiger charge is 2.46. The Morgan fingerprint density at radius 3 is 2.30 bits per heavy atom.